The molecule has 4 heteroatoms. The highest BCUT2D eigenvalue weighted by molar-refractivity contribution is 6.41. The van der Waals surface area contributed by atoms with Crippen molar-refractivity contribution in [1.82, 2.24) is 9.78 Å². The molecule has 0 aliphatic rings. The average molecular weight is 243 g/mol. The first-order valence-corrected chi connectivity index (χ1v) is 5.65. The molecule has 0 N–H and O–H groups in total. The van der Waals surface area contributed by atoms with Gasteiger partial charge in [0.05, 0.1) is 15.9 Å². The van der Waals surface area contributed by atoms with E-state index in [1.54, 1.807) is 0 Å². The molecular formula is C11H12Cl2N2. The van der Waals surface area contributed by atoms with Gasteiger partial charge in [0.2, 0.25) is 0 Å². The molecule has 0 radical (unpaired) electrons. The summed E-state index contributed by atoms with van der Waals surface area (Å²) >= 11 is 12.1. The van der Waals surface area contributed by atoms with Crippen LogP contribution in [0.3, 0.4) is 0 Å². The third-order valence-electron chi connectivity index (χ3n) is 2.22. The molecule has 1 heterocycles. The van der Waals surface area contributed by atoms with Crippen molar-refractivity contribution in [2.24, 2.45) is 5.92 Å². The van der Waals surface area contributed by atoms with Crippen LogP contribution in [-0.4, -0.2) is 9.78 Å². The highest BCUT2D eigenvalue weighted by atomic mass is 35.5. The van der Waals surface area contributed by atoms with E-state index in [-0.39, 0.29) is 0 Å². The molecule has 0 saturated heterocycles. The van der Waals surface area contributed by atoms with Crippen molar-refractivity contribution in [3.8, 4) is 0 Å². The predicted molar refractivity (Wildman–Crippen MR) is 64.6 cm³/mol. The normalized spacial score (nSPS) is 11.5. The van der Waals surface area contributed by atoms with Crippen molar-refractivity contribution in [1.29, 1.82) is 0 Å². The van der Waals surface area contributed by atoms with Gasteiger partial charge in [0.1, 0.15) is 0 Å². The number of hydrogen-bond donors (Lipinski definition) is 0. The van der Waals surface area contributed by atoms with Crippen LogP contribution in [0.1, 0.15) is 13.8 Å². The number of hydrogen-bond acceptors (Lipinski definition) is 1. The van der Waals surface area contributed by atoms with Gasteiger partial charge in [-0.15, -0.1) is 0 Å². The Balaban J connectivity index is 2.63. The van der Waals surface area contributed by atoms with Crippen molar-refractivity contribution in [2.45, 2.75) is 20.4 Å². The molecule has 0 fully saturated rings. The lowest BCUT2D eigenvalue weighted by Gasteiger charge is -2.05. The van der Waals surface area contributed by atoms with Gasteiger partial charge in [-0.1, -0.05) is 43.1 Å². The first-order chi connectivity index (χ1) is 7.09. The molecule has 2 rings (SSSR count). The molecule has 1 aromatic heterocycles. The van der Waals surface area contributed by atoms with Crippen molar-refractivity contribution in [3.05, 3.63) is 28.4 Å². The molecule has 2 aromatic rings. The van der Waals surface area contributed by atoms with Crippen LogP contribution < -0.4 is 0 Å². The number of benzene rings is 1. The summed E-state index contributed by atoms with van der Waals surface area (Å²) in [6.45, 7) is 5.14. The molecule has 0 unspecified atom stereocenters. The standard InChI is InChI=1S/C11H12Cl2N2/c1-7(2)6-15-9-5-3-4-8(12)10(9)11(13)14-15/h3-5,7H,6H2,1-2H3. The quantitative estimate of drug-likeness (QED) is 0.779. The summed E-state index contributed by atoms with van der Waals surface area (Å²) in [6, 6.07) is 5.74. The summed E-state index contributed by atoms with van der Waals surface area (Å²) in [5, 5.41) is 6.28. The van der Waals surface area contributed by atoms with Gasteiger partial charge in [-0.2, -0.15) is 5.10 Å². The third kappa shape index (κ3) is 1.97. The summed E-state index contributed by atoms with van der Waals surface area (Å²) in [5.41, 5.74) is 1.00. The van der Waals surface area contributed by atoms with E-state index < -0.39 is 0 Å². The van der Waals surface area contributed by atoms with E-state index in [9.17, 15) is 0 Å². The Kier molecular flexibility index (Phi) is 2.89. The predicted octanol–water partition coefficient (Wildman–Crippen LogP) is 4.00. The number of nitrogens with zero attached hydrogens (tertiary/aromatic N) is 2. The second-order valence-corrected chi connectivity index (χ2v) is 4.77. The molecule has 1 aromatic carbocycles. The van der Waals surface area contributed by atoms with E-state index in [1.165, 1.54) is 0 Å². The number of halogens is 2. The first-order valence-electron chi connectivity index (χ1n) is 4.90. The van der Waals surface area contributed by atoms with E-state index in [4.69, 9.17) is 23.2 Å². The lowest BCUT2D eigenvalue weighted by molar-refractivity contribution is 0.495. The van der Waals surface area contributed by atoms with Crippen molar-refractivity contribution in [3.63, 3.8) is 0 Å². The maximum absolute atomic E-state index is 6.07. The van der Waals surface area contributed by atoms with Crippen LogP contribution in [0.2, 0.25) is 10.2 Å². The fourth-order valence-electron chi connectivity index (χ4n) is 1.63. The van der Waals surface area contributed by atoms with E-state index in [1.807, 2.05) is 22.9 Å². The van der Waals surface area contributed by atoms with E-state index >= 15 is 0 Å². The van der Waals surface area contributed by atoms with Gasteiger partial charge < -0.3 is 0 Å². The van der Waals surface area contributed by atoms with Gasteiger partial charge in [-0.05, 0) is 18.1 Å². The number of aromatic nitrogens is 2. The van der Waals surface area contributed by atoms with Gasteiger partial charge in [0.25, 0.3) is 0 Å². The minimum atomic E-state index is 0.483. The maximum atomic E-state index is 6.07. The van der Waals surface area contributed by atoms with Crippen LogP contribution in [0.15, 0.2) is 18.2 Å². The molecule has 2 nitrogen and oxygen atoms in total. The summed E-state index contributed by atoms with van der Waals surface area (Å²) in [5.74, 6) is 0.531. The van der Waals surface area contributed by atoms with E-state index in [0.717, 1.165) is 17.4 Å². The van der Waals surface area contributed by atoms with E-state index in [0.29, 0.717) is 16.1 Å². The fourth-order valence-corrected chi connectivity index (χ4v) is 2.22. The summed E-state index contributed by atoms with van der Waals surface area (Å²) in [7, 11) is 0. The lowest BCUT2D eigenvalue weighted by atomic mass is 10.2. The van der Waals surface area contributed by atoms with Gasteiger partial charge in [0, 0.05) is 6.54 Å². The minimum Gasteiger partial charge on any atom is -0.263 e. The van der Waals surface area contributed by atoms with Gasteiger partial charge in [-0.3, -0.25) is 4.68 Å². The Morgan fingerprint density at radius 1 is 1.33 bits per heavy atom. The molecule has 0 atom stereocenters. The molecule has 0 amide bonds. The molecule has 0 aliphatic heterocycles. The zero-order valence-corrected chi connectivity index (χ0v) is 10.2. The summed E-state index contributed by atoms with van der Waals surface area (Å²) in [4.78, 5) is 0. The third-order valence-corrected chi connectivity index (χ3v) is 2.80. The molecule has 0 bridgehead atoms. The summed E-state index contributed by atoms with van der Waals surface area (Å²) in [6.07, 6.45) is 0. The molecule has 0 saturated carbocycles. The topological polar surface area (TPSA) is 17.8 Å². The Hall–Kier alpha value is -0.730. The van der Waals surface area contributed by atoms with Crippen LogP contribution in [0.5, 0.6) is 0 Å². The number of rotatable bonds is 2. The number of fused-ring (bicyclic) bond motifs is 1. The van der Waals surface area contributed by atoms with Gasteiger partial charge >= 0.3 is 0 Å². The lowest BCUT2D eigenvalue weighted by Crippen LogP contribution is -2.05. The SMILES string of the molecule is CC(C)Cn1nc(Cl)c2c(Cl)cccc21. The van der Waals surface area contributed by atoms with Crippen LogP contribution in [-0.2, 0) is 6.54 Å². The highest BCUT2D eigenvalue weighted by Crippen LogP contribution is 2.30. The zero-order valence-electron chi connectivity index (χ0n) is 8.67. The highest BCUT2D eigenvalue weighted by Gasteiger charge is 2.11. The molecular weight excluding hydrogens is 231 g/mol. The Labute approximate surface area is 98.8 Å². The summed E-state index contributed by atoms with van der Waals surface area (Å²) < 4.78 is 1.91. The fraction of sp³-hybridized carbons (Fsp3) is 0.364. The first kappa shape index (κ1) is 10.8. The molecule has 80 valence electrons. The maximum Gasteiger partial charge on any atom is 0.160 e. The average Bonchev–Trinajstić information content (AvgIpc) is 2.44. The van der Waals surface area contributed by atoms with Crippen molar-refractivity contribution >= 4 is 34.1 Å². The van der Waals surface area contributed by atoms with Crippen LogP contribution in [0.25, 0.3) is 10.9 Å². The van der Waals surface area contributed by atoms with E-state index in [2.05, 4.69) is 18.9 Å². The Bertz CT molecular complexity index is 489. The Morgan fingerprint density at radius 3 is 2.73 bits per heavy atom. The zero-order chi connectivity index (χ0) is 11.0. The monoisotopic (exact) mass is 242 g/mol. The molecule has 15 heavy (non-hydrogen) atoms. The largest absolute Gasteiger partial charge is 0.263 e. The van der Waals surface area contributed by atoms with Crippen molar-refractivity contribution in [2.75, 3.05) is 0 Å². The minimum absolute atomic E-state index is 0.483. The molecule has 0 aliphatic carbocycles. The smallest absolute Gasteiger partial charge is 0.160 e. The van der Waals surface area contributed by atoms with Crippen LogP contribution in [0.4, 0.5) is 0 Å². The van der Waals surface area contributed by atoms with Gasteiger partial charge in [-0.25, -0.2) is 0 Å². The second-order valence-electron chi connectivity index (χ2n) is 4.00. The van der Waals surface area contributed by atoms with Gasteiger partial charge in [0.15, 0.2) is 5.15 Å². The van der Waals surface area contributed by atoms with Crippen molar-refractivity contribution < 1.29 is 0 Å². The second kappa shape index (κ2) is 4.03. The van der Waals surface area contributed by atoms with Crippen LogP contribution >= 0.6 is 23.2 Å². The Morgan fingerprint density at radius 2 is 2.07 bits per heavy atom. The molecule has 0 spiro atoms. The van der Waals surface area contributed by atoms with Crippen LogP contribution in [0, 0.1) is 5.92 Å².